The highest BCUT2D eigenvalue weighted by molar-refractivity contribution is 7.26. The number of aromatic nitrogens is 5. The number of hydrogen-bond acceptors (Lipinski definition) is 6. The third-order valence-corrected chi connectivity index (χ3v) is 11.2. The van der Waals surface area contributed by atoms with E-state index < -0.39 is 0 Å². The third kappa shape index (κ3) is 6.24. The molecule has 0 saturated heterocycles. The molecule has 5 nitrogen and oxygen atoms in total. The summed E-state index contributed by atoms with van der Waals surface area (Å²) in [5, 5.41) is 2.49. The van der Waals surface area contributed by atoms with Crippen LogP contribution in [0.15, 0.2) is 189 Å². The number of rotatable bonds is 7. The molecule has 10 aromatic rings. The SMILES string of the molecule is c1ccc(-c2nc(-c3ccccc3)nc(-c3ccc(-c4cccc5c4sc4c(-c6cc(-c7cccnc7)cc(-c7cccnc7)c6)cccc45)cc3)n2)cc1. The number of fused-ring (bicyclic) bond motifs is 3. The van der Waals surface area contributed by atoms with E-state index in [0.717, 1.165) is 50.1 Å². The van der Waals surface area contributed by atoms with E-state index in [-0.39, 0.29) is 0 Å². The highest BCUT2D eigenvalue weighted by Crippen LogP contribution is 2.45. The first-order chi connectivity index (χ1) is 27.2. The van der Waals surface area contributed by atoms with Crippen LogP contribution in [0.25, 0.3) is 98.8 Å². The van der Waals surface area contributed by atoms with Crippen LogP contribution in [0, 0.1) is 0 Å². The lowest BCUT2D eigenvalue weighted by atomic mass is 9.93. The molecule has 0 unspecified atom stereocenters. The maximum atomic E-state index is 4.94. The Kier molecular flexibility index (Phi) is 8.28. The van der Waals surface area contributed by atoms with Crippen LogP contribution in [0.4, 0.5) is 0 Å². The van der Waals surface area contributed by atoms with Gasteiger partial charge in [-0.25, -0.2) is 15.0 Å². The summed E-state index contributed by atoms with van der Waals surface area (Å²) in [6.07, 6.45) is 7.48. The molecule has 4 heterocycles. The van der Waals surface area contributed by atoms with E-state index in [1.54, 1.807) is 0 Å². The standard InChI is InChI=1S/C49H31N5S/c1-3-11-33(12-4-1)47-52-48(34-13-5-2-6-14-34)54-49(53-47)35-23-21-32(22-24-35)41-17-7-19-43-44-20-8-18-42(46(44)55-45(41)43)40-28-38(36-15-9-25-50-30-36)27-39(29-40)37-16-10-26-51-31-37/h1-31H. The molecule has 10 rings (SSSR count). The van der Waals surface area contributed by atoms with Crippen molar-refractivity contribution in [2.45, 2.75) is 0 Å². The molecule has 0 aliphatic heterocycles. The molecule has 0 bridgehead atoms. The molecule has 0 spiro atoms. The van der Waals surface area contributed by atoms with E-state index in [4.69, 9.17) is 15.0 Å². The average molecular weight is 722 g/mol. The Hall–Kier alpha value is -7.15. The third-order valence-electron chi connectivity index (χ3n) is 9.91. The highest BCUT2D eigenvalue weighted by Gasteiger charge is 2.17. The Morgan fingerprint density at radius 2 is 0.727 bits per heavy atom. The molecular weight excluding hydrogens is 691 g/mol. The molecule has 4 aromatic heterocycles. The van der Waals surface area contributed by atoms with Crippen LogP contribution in [0.3, 0.4) is 0 Å². The summed E-state index contributed by atoms with van der Waals surface area (Å²) < 4.78 is 2.51. The summed E-state index contributed by atoms with van der Waals surface area (Å²) in [5.74, 6) is 1.94. The van der Waals surface area contributed by atoms with Gasteiger partial charge in [-0.3, -0.25) is 9.97 Å². The number of pyridine rings is 2. The molecule has 55 heavy (non-hydrogen) atoms. The fourth-order valence-electron chi connectivity index (χ4n) is 7.19. The normalized spacial score (nSPS) is 11.3. The molecule has 6 aromatic carbocycles. The fraction of sp³-hybridized carbons (Fsp3) is 0. The van der Waals surface area contributed by atoms with E-state index in [2.05, 4.69) is 101 Å². The maximum absolute atomic E-state index is 4.94. The van der Waals surface area contributed by atoms with Crippen LogP contribution in [0.5, 0.6) is 0 Å². The van der Waals surface area contributed by atoms with Gasteiger partial charge in [0, 0.05) is 72.8 Å². The van der Waals surface area contributed by atoms with Crippen molar-refractivity contribution in [2.75, 3.05) is 0 Å². The summed E-state index contributed by atoms with van der Waals surface area (Å²) in [5.41, 5.74) is 11.9. The summed E-state index contributed by atoms with van der Waals surface area (Å²) in [4.78, 5) is 23.6. The zero-order valence-electron chi connectivity index (χ0n) is 29.5. The molecule has 258 valence electrons. The Bertz CT molecular complexity index is 2830. The number of benzene rings is 6. The minimum atomic E-state index is 0.642. The van der Waals surface area contributed by atoms with Gasteiger partial charge in [0.25, 0.3) is 0 Å². The second kappa shape index (κ2) is 14.0. The largest absolute Gasteiger partial charge is 0.264 e. The minimum Gasteiger partial charge on any atom is -0.264 e. The van der Waals surface area contributed by atoms with Crippen LogP contribution >= 0.6 is 11.3 Å². The van der Waals surface area contributed by atoms with Crippen LogP contribution < -0.4 is 0 Å². The smallest absolute Gasteiger partial charge is 0.164 e. The number of nitrogens with zero attached hydrogens (tertiary/aromatic N) is 5. The molecule has 0 aliphatic rings. The van der Waals surface area contributed by atoms with Gasteiger partial charge in [0.2, 0.25) is 0 Å². The molecule has 6 heteroatoms. The first kappa shape index (κ1) is 32.5. The van der Waals surface area contributed by atoms with Gasteiger partial charge in [0.1, 0.15) is 0 Å². The Balaban J connectivity index is 1.07. The summed E-state index contributed by atoms with van der Waals surface area (Å²) in [7, 11) is 0. The van der Waals surface area contributed by atoms with Crippen LogP contribution in [-0.2, 0) is 0 Å². The van der Waals surface area contributed by atoms with Gasteiger partial charge in [-0.2, -0.15) is 0 Å². The molecular formula is C49H31N5S. The lowest BCUT2D eigenvalue weighted by Crippen LogP contribution is -2.00. The molecule has 0 saturated carbocycles. The van der Waals surface area contributed by atoms with Crippen molar-refractivity contribution >= 4 is 31.5 Å². The second-order valence-electron chi connectivity index (χ2n) is 13.4. The van der Waals surface area contributed by atoms with Crippen molar-refractivity contribution < 1.29 is 0 Å². The molecule has 0 aliphatic carbocycles. The van der Waals surface area contributed by atoms with E-state index in [1.165, 1.54) is 31.3 Å². The molecule has 0 fully saturated rings. The van der Waals surface area contributed by atoms with Gasteiger partial charge in [0.15, 0.2) is 17.5 Å². The van der Waals surface area contributed by atoms with Gasteiger partial charge >= 0.3 is 0 Å². The molecule has 0 atom stereocenters. The lowest BCUT2D eigenvalue weighted by Gasteiger charge is -2.11. The molecule has 0 N–H and O–H groups in total. The molecule has 0 radical (unpaired) electrons. The highest BCUT2D eigenvalue weighted by atomic mass is 32.1. The van der Waals surface area contributed by atoms with Crippen LogP contribution in [0.1, 0.15) is 0 Å². The van der Waals surface area contributed by atoms with Crippen molar-refractivity contribution in [3.8, 4) is 78.7 Å². The van der Waals surface area contributed by atoms with Crippen molar-refractivity contribution in [3.05, 3.63) is 189 Å². The fourth-order valence-corrected chi connectivity index (χ4v) is 8.57. The van der Waals surface area contributed by atoms with Crippen molar-refractivity contribution in [1.82, 2.24) is 24.9 Å². The van der Waals surface area contributed by atoms with Gasteiger partial charge in [0.05, 0.1) is 0 Å². The van der Waals surface area contributed by atoms with Crippen LogP contribution in [-0.4, -0.2) is 24.9 Å². The van der Waals surface area contributed by atoms with E-state index in [1.807, 2.05) is 109 Å². The van der Waals surface area contributed by atoms with E-state index >= 15 is 0 Å². The van der Waals surface area contributed by atoms with Gasteiger partial charge in [-0.1, -0.05) is 133 Å². The van der Waals surface area contributed by atoms with Crippen molar-refractivity contribution in [1.29, 1.82) is 0 Å². The topological polar surface area (TPSA) is 64.5 Å². The van der Waals surface area contributed by atoms with E-state index in [0.29, 0.717) is 17.5 Å². The summed E-state index contributed by atoms with van der Waals surface area (Å²) >= 11 is 1.85. The first-order valence-corrected chi connectivity index (χ1v) is 19.0. The van der Waals surface area contributed by atoms with Crippen LogP contribution in [0.2, 0.25) is 0 Å². The van der Waals surface area contributed by atoms with Gasteiger partial charge < -0.3 is 0 Å². The van der Waals surface area contributed by atoms with E-state index in [9.17, 15) is 0 Å². The minimum absolute atomic E-state index is 0.642. The zero-order valence-corrected chi connectivity index (χ0v) is 30.4. The number of hydrogen-bond donors (Lipinski definition) is 0. The predicted octanol–water partition coefficient (Wildman–Crippen LogP) is 12.7. The Morgan fingerprint density at radius 1 is 0.309 bits per heavy atom. The second-order valence-corrected chi connectivity index (χ2v) is 14.4. The molecule has 0 amide bonds. The van der Waals surface area contributed by atoms with Gasteiger partial charge in [-0.15, -0.1) is 11.3 Å². The maximum Gasteiger partial charge on any atom is 0.164 e. The monoisotopic (exact) mass is 721 g/mol. The van der Waals surface area contributed by atoms with Crippen molar-refractivity contribution in [3.63, 3.8) is 0 Å². The van der Waals surface area contributed by atoms with Crippen molar-refractivity contribution in [2.24, 2.45) is 0 Å². The predicted molar refractivity (Wildman–Crippen MR) is 226 cm³/mol. The number of thiophene rings is 1. The quantitative estimate of drug-likeness (QED) is 0.164. The Morgan fingerprint density at radius 3 is 1.20 bits per heavy atom. The van der Waals surface area contributed by atoms with Gasteiger partial charge in [-0.05, 0) is 63.7 Å². The summed E-state index contributed by atoms with van der Waals surface area (Å²) in [6.45, 7) is 0. The average Bonchev–Trinajstić information content (AvgIpc) is 3.67. The first-order valence-electron chi connectivity index (χ1n) is 18.1. The zero-order chi connectivity index (χ0) is 36.6. The lowest BCUT2D eigenvalue weighted by molar-refractivity contribution is 1.07. The Labute approximate surface area is 322 Å². The summed E-state index contributed by atoms with van der Waals surface area (Å²) in [6, 6.07) is 57.0.